The SMILES string of the molecule is CN=C(NCc1ccccc1COc1ccccc1Cl)NCc1ncnn1C. The summed E-state index contributed by atoms with van der Waals surface area (Å²) in [6.45, 7) is 1.58. The van der Waals surface area contributed by atoms with Gasteiger partial charge in [0.25, 0.3) is 0 Å². The standard InChI is InChI=1S/C20H23ClN6O/c1-22-20(24-12-19-25-14-26-27(19)2)23-11-15-7-3-4-8-16(15)13-28-18-10-6-5-9-17(18)21/h3-10,14H,11-13H2,1-2H3,(H2,22,23,24). The number of hydrogen-bond acceptors (Lipinski definition) is 4. The van der Waals surface area contributed by atoms with Gasteiger partial charge in [-0.3, -0.25) is 9.67 Å². The van der Waals surface area contributed by atoms with Gasteiger partial charge in [0.15, 0.2) is 5.96 Å². The van der Waals surface area contributed by atoms with E-state index in [0.717, 1.165) is 17.0 Å². The Balaban J connectivity index is 1.58. The molecule has 0 atom stereocenters. The third kappa shape index (κ3) is 5.23. The van der Waals surface area contributed by atoms with Crippen LogP contribution in [0.2, 0.25) is 5.02 Å². The number of halogens is 1. The van der Waals surface area contributed by atoms with Crippen molar-refractivity contribution in [2.45, 2.75) is 19.7 Å². The topological polar surface area (TPSA) is 76.4 Å². The molecular formula is C20H23ClN6O. The molecule has 3 rings (SSSR count). The van der Waals surface area contributed by atoms with Crippen molar-refractivity contribution in [3.8, 4) is 5.75 Å². The van der Waals surface area contributed by atoms with E-state index in [1.807, 2.05) is 49.5 Å². The second kappa shape index (κ2) is 9.75. The van der Waals surface area contributed by atoms with Gasteiger partial charge < -0.3 is 15.4 Å². The number of aryl methyl sites for hydroxylation is 1. The lowest BCUT2D eigenvalue weighted by Gasteiger charge is -2.15. The zero-order valence-electron chi connectivity index (χ0n) is 15.9. The van der Waals surface area contributed by atoms with Gasteiger partial charge in [0, 0.05) is 20.6 Å². The van der Waals surface area contributed by atoms with E-state index in [1.165, 1.54) is 6.33 Å². The second-order valence-electron chi connectivity index (χ2n) is 6.07. The molecule has 1 aromatic heterocycles. The van der Waals surface area contributed by atoms with E-state index in [0.29, 0.717) is 36.4 Å². The van der Waals surface area contributed by atoms with Crippen LogP contribution < -0.4 is 15.4 Å². The van der Waals surface area contributed by atoms with Crippen molar-refractivity contribution in [3.63, 3.8) is 0 Å². The van der Waals surface area contributed by atoms with E-state index in [9.17, 15) is 0 Å². The Morgan fingerprint density at radius 1 is 1.07 bits per heavy atom. The van der Waals surface area contributed by atoms with E-state index in [-0.39, 0.29) is 0 Å². The van der Waals surface area contributed by atoms with Crippen molar-refractivity contribution in [2.24, 2.45) is 12.0 Å². The molecule has 28 heavy (non-hydrogen) atoms. The molecule has 2 N–H and O–H groups in total. The molecule has 0 bridgehead atoms. The lowest BCUT2D eigenvalue weighted by Crippen LogP contribution is -2.37. The molecule has 0 aliphatic heterocycles. The maximum Gasteiger partial charge on any atom is 0.191 e. The quantitative estimate of drug-likeness (QED) is 0.472. The molecule has 0 unspecified atom stereocenters. The van der Waals surface area contributed by atoms with Crippen LogP contribution in [0.5, 0.6) is 5.75 Å². The number of hydrogen-bond donors (Lipinski definition) is 2. The summed E-state index contributed by atoms with van der Waals surface area (Å²) in [5.74, 6) is 2.19. The largest absolute Gasteiger partial charge is 0.487 e. The summed E-state index contributed by atoms with van der Waals surface area (Å²) >= 11 is 6.17. The Morgan fingerprint density at radius 3 is 2.50 bits per heavy atom. The average Bonchev–Trinajstić information content (AvgIpc) is 3.13. The summed E-state index contributed by atoms with van der Waals surface area (Å²) in [5.41, 5.74) is 2.20. The third-order valence-electron chi connectivity index (χ3n) is 4.23. The lowest BCUT2D eigenvalue weighted by atomic mass is 10.1. The highest BCUT2D eigenvalue weighted by Crippen LogP contribution is 2.24. The van der Waals surface area contributed by atoms with Crippen molar-refractivity contribution in [3.05, 3.63) is 76.8 Å². The van der Waals surface area contributed by atoms with Crippen LogP contribution in [0.25, 0.3) is 0 Å². The van der Waals surface area contributed by atoms with Crippen LogP contribution in [0.3, 0.4) is 0 Å². The van der Waals surface area contributed by atoms with Gasteiger partial charge in [-0.2, -0.15) is 5.10 Å². The van der Waals surface area contributed by atoms with Gasteiger partial charge in [-0.1, -0.05) is 48.0 Å². The predicted molar refractivity (Wildman–Crippen MR) is 110 cm³/mol. The van der Waals surface area contributed by atoms with Crippen LogP contribution >= 0.6 is 11.6 Å². The van der Waals surface area contributed by atoms with Gasteiger partial charge in [-0.05, 0) is 23.3 Å². The number of rotatable bonds is 7. The summed E-state index contributed by atoms with van der Waals surface area (Å²) < 4.78 is 7.61. The summed E-state index contributed by atoms with van der Waals surface area (Å²) in [4.78, 5) is 8.45. The first kappa shape index (κ1) is 19.7. The predicted octanol–water partition coefficient (Wildman–Crippen LogP) is 2.91. The Labute approximate surface area is 169 Å². The highest BCUT2D eigenvalue weighted by molar-refractivity contribution is 6.32. The van der Waals surface area contributed by atoms with Crippen LogP contribution in [-0.2, 0) is 26.7 Å². The molecule has 0 amide bonds. The van der Waals surface area contributed by atoms with E-state index >= 15 is 0 Å². The van der Waals surface area contributed by atoms with Crippen molar-refractivity contribution < 1.29 is 4.74 Å². The molecule has 2 aromatic carbocycles. The normalized spacial score (nSPS) is 11.3. The molecular weight excluding hydrogens is 376 g/mol. The molecule has 0 aliphatic rings. The first-order valence-corrected chi connectivity index (χ1v) is 9.26. The van der Waals surface area contributed by atoms with Crippen LogP contribution in [0.4, 0.5) is 0 Å². The maximum absolute atomic E-state index is 6.17. The zero-order chi connectivity index (χ0) is 19.8. The van der Waals surface area contributed by atoms with Gasteiger partial charge in [-0.25, -0.2) is 4.98 Å². The van der Waals surface area contributed by atoms with E-state index in [1.54, 1.807) is 11.7 Å². The minimum Gasteiger partial charge on any atom is -0.487 e. The summed E-state index contributed by atoms with van der Waals surface area (Å²) in [6.07, 6.45) is 1.53. The Morgan fingerprint density at radius 2 is 1.79 bits per heavy atom. The number of nitrogens with one attached hydrogen (secondary N) is 2. The Hall–Kier alpha value is -3.06. The highest BCUT2D eigenvalue weighted by atomic mass is 35.5. The number of benzene rings is 2. The van der Waals surface area contributed by atoms with Crippen LogP contribution in [0, 0.1) is 0 Å². The van der Waals surface area contributed by atoms with Crippen molar-refractivity contribution in [2.75, 3.05) is 7.05 Å². The number of aliphatic imine (C=N–C) groups is 1. The summed E-state index contributed by atoms with van der Waals surface area (Å²) in [5, 5.41) is 11.2. The van der Waals surface area contributed by atoms with E-state index in [4.69, 9.17) is 16.3 Å². The van der Waals surface area contributed by atoms with Crippen molar-refractivity contribution in [1.29, 1.82) is 0 Å². The molecule has 3 aromatic rings. The molecule has 0 spiro atoms. The molecule has 1 heterocycles. The second-order valence-corrected chi connectivity index (χ2v) is 6.47. The van der Waals surface area contributed by atoms with Crippen molar-refractivity contribution >= 4 is 17.6 Å². The van der Waals surface area contributed by atoms with Gasteiger partial charge in [-0.15, -0.1) is 0 Å². The van der Waals surface area contributed by atoms with Gasteiger partial charge in [0.2, 0.25) is 0 Å². The Bertz CT molecular complexity index is 940. The molecule has 7 nitrogen and oxygen atoms in total. The number of nitrogens with zero attached hydrogens (tertiary/aromatic N) is 4. The Kier molecular flexibility index (Phi) is 6.86. The maximum atomic E-state index is 6.17. The van der Waals surface area contributed by atoms with E-state index in [2.05, 4.69) is 31.8 Å². The number of para-hydroxylation sites is 1. The van der Waals surface area contributed by atoms with Crippen LogP contribution in [0.15, 0.2) is 59.9 Å². The fourth-order valence-corrected chi connectivity index (χ4v) is 2.82. The molecule has 8 heteroatoms. The first-order chi connectivity index (χ1) is 13.7. The monoisotopic (exact) mass is 398 g/mol. The van der Waals surface area contributed by atoms with Crippen LogP contribution in [-0.4, -0.2) is 27.8 Å². The zero-order valence-corrected chi connectivity index (χ0v) is 16.6. The summed E-state index contributed by atoms with van der Waals surface area (Å²) in [6, 6.07) is 15.6. The number of guanidine groups is 1. The van der Waals surface area contributed by atoms with Crippen LogP contribution in [0.1, 0.15) is 17.0 Å². The lowest BCUT2D eigenvalue weighted by molar-refractivity contribution is 0.305. The first-order valence-electron chi connectivity index (χ1n) is 8.89. The molecule has 0 aliphatic carbocycles. The summed E-state index contributed by atoms with van der Waals surface area (Å²) in [7, 11) is 3.59. The van der Waals surface area contributed by atoms with Gasteiger partial charge in [0.05, 0.1) is 11.6 Å². The van der Waals surface area contributed by atoms with Gasteiger partial charge >= 0.3 is 0 Å². The molecule has 0 radical (unpaired) electrons. The van der Waals surface area contributed by atoms with E-state index < -0.39 is 0 Å². The molecule has 146 valence electrons. The molecule has 0 saturated heterocycles. The minimum absolute atomic E-state index is 0.437. The number of aromatic nitrogens is 3. The smallest absolute Gasteiger partial charge is 0.191 e. The fraction of sp³-hybridized carbons (Fsp3) is 0.250. The highest BCUT2D eigenvalue weighted by Gasteiger charge is 2.07. The average molecular weight is 399 g/mol. The third-order valence-corrected chi connectivity index (χ3v) is 4.54. The fourth-order valence-electron chi connectivity index (χ4n) is 2.63. The minimum atomic E-state index is 0.437. The number of ether oxygens (including phenoxy) is 1. The van der Waals surface area contributed by atoms with Gasteiger partial charge in [0.1, 0.15) is 24.5 Å². The van der Waals surface area contributed by atoms with Crippen molar-refractivity contribution in [1.82, 2.24) is 25.4 Å². The molecule has 0 fully saturated rings. The molecule has 0 saturated carbocycles.